The minimum absolute atomic E-state index is 0.459. The molecule has 1 fully saturated rings. The van der Waals surface area contributed by atoms with E-state index >= 15 is 0 Å². The summed E-state index contributed by atoms with van der Waals surface area (Å²) in [4.78, 5) is 11.6. The van der Waals surface area contributed by atoms with Crippen LogP contribution in [0, 0.1) is 11.3 Å². The van der Waals surface area contributed by atoms with Crippen LogP contribution >= 0.6 is 11.3 Å². The second-order valence-corrected chi connectivity index (χ2v) is 6.20. The van der Waals surface area contributed by atoms with E-state index in [4.69, 9.17) is 0 Å². The minimum Gasteiger partial charge on any atom is -0.481 e. The van der Waals surface area contributed by atoms with Gasteiger partial charge in [-0.25, -0.2) is 0 Å². The lowest BCUT2D eigenvalue weighted by Crippen LogP contribution is -2.36. The molecule has 0 saturated heterocycles. The summed E-state index contributed by atoms with van der Waals surface area (Å²) < 4.78 is 0. The van der Waals surface area contributed by atoms with Gasteiger partial charge in [0.15, 0.2) is 0 Å². The van der Waals surface area contributed by atoms with Gasteiger partial charge in [-0.2, -0.15) is 11.3 Å². The molecule has 1 aromatic rings. The van der Waals surface area contributed by atoms with E-state index in [2.05, 4.69) is 23.8 Å². The van der Waals surface area contributed by atoms with Crippen LogP contribution in [0.15, 0.2) is 16.8 Å². The fraction of sp³-hybridized carbons (Fsp3) is 0.643. The number of carboxylic acid groups (broad SMARTS) is 1. The van der Waals surface area contributed by atoms with Crippen LogP contribution in [0.5, 0.6) is 0 Å². The van der Waals surface area contributed by atoms with E-state index in [1.165, 1.54) is 12.0 Å². The predicted molar refractivity (Wildman–Crippen MR) is 70.3 cm³/mol. The minimum atomic E-state index is -0.584. The fourth-order valence-corrected chi connectivity index (χ4v) is 3.71. The molecule has 1 saturated carbocycles. The molecule has 2 rings (SSSR count). The third kappa shape index (κ3) is 2.89. The maximum atomic E-state index is 11.6. The molecular formula is C14H20O2S. The molecule has 0 aromatic carbocycles. The van der Waals surface area contributed by atoms with Crippen molar-refractivity contribution in [2.24, 2.45) is 11.3 Å². The molecule has 2 unspecified atom stereocenters. The molecule has 0 amide bonds. The van der Waals surface area contributed by atoms with Gasteiger partial charge in [0.1, 0.15) is 0 Å². The van der Waals surface area contributed by atoms with Crippen molar-refractivity contribution in [2.45, 2.75) is 45.4 Å². The number of hydrogen-bond acceptors (Lipinski definition) is 2. The summed E-state index contributed by atoms with van der Waals surface area (Å²) in [5.41, 5.74) is 0.827. The van der Waals surface area contributed by atoms with Crippen molar-refractivity contribution in [2.75, 3.05) is 0 Å². The first-order valence-electron chi connectivity index (χ1n) is 6.37. The molecule has 0 aliphatic heterocycles. The highest BCUT2D eigenvalue weighted by Gasteiger charge is 2.41. The average Bonchev–Trinajstić information content (AvgIpc) is 2.79. The van der Waals surface area contributed by atoms with Gasteiger partial charge in [-0.05, 0) is 54.0 Å². The van der Waals surface area contributed by atoms with Crippen LogP contribution < -0.4 is 0 Å². The summed E-state index contributed by atoms with van der Waals surface area (Å²) in [5.74, 6) is -0.0263. The van der Waals surface area contributed by atoms with E-state index in [0.717, 1.165) is 32.1 Å². The monoisotopic (exact) mass is 252 g/mol. The van der Waals surface area contributed by atoms with Crippen molar-refractivity contribution in [3.63, 3.8) is 0 Å². The lowest BCUT2D eigenvalue weighted by Gasteiger charge is -2.36. The zero-order valence-electron chi connectivity index (χ0n) is 10.3. The van der Waals surface area contributed by atoms with E-state index < -0.39 is 11.4 Å². The van der Waals surface area contributed by atoms with Crippen molar-refractivity contribution >= 4 is 17.3 Å². The number of hydrogen-bond donors (Lipinski definition) is 1. The van der Waals surface area contributed by atoms with Gasteiger partial charge in [0.25, 0.3) is 0 Å². The first-order chi connectivity index (χ1) is 8.12. The van der Waals surface area contributed by atoms with Crippen molar-refractivity contribution in [1.29, 1.82) is 0 Å². The van der Waals surface area contributed by atoms with Crippen LogP contribution in [-0.4, -0.2) is 11.1 Å². The quantitative estimate of drug-likeness (QED) is 0.880. The lowest BCUT2D eigenvalue weighted by atomic mass is 9.67. The van der Waals surface area contributed by atoms with Gasteiger partial charge in [0, 0.05) is 0 Å². The summed E-state index contributed by atoms with van der Waals surface area (Å²) in [7, 11) is 0. The molecule has 94 valence electrons. The largest absolute Gasteiger partial charge is 0.481 e. The van der Waals surface area contributed by atoms with Gasteiger partial charge >= 0.3 is 5.97 Å². The zero-order valence-corrected chi connectivity index (χ0v) is 11.1. The molecule has 0 radical (unpaired) electrons. The number of carboxylic acids is 1. The average molecular weight is 252 g/mol. The van der Waals surface area contributed by atoms with Gasteiger partial charge in [0.05, 0.1) is 5.41 Å². The summed E-state index contributed by atoms with van der Waals surface area (Å²) in [6.45, 7) is 2.18. The molecule has 2 nitrogen and oxygen atoms in total. The summed E-state index contributed by atoms with van der Waals surface area (Å²) in [6, 6.07) is 2.10. The van der Waals surface area contributed by atoms with Gasteiger partial charge in [-0.3, -0.25) is 4.79 Å². The molecule has 0 bridgehead atoms. The van der Waals surface area contributed by atoms with Crippen LogP contribution in [0.4, 0.5) is 0 Å². The molecule has 0 spiro atoms. The molecule has 2 atom stereocenters. The van der Waals surface area contributed by atoms with E-state index in [0.29, 0.717) is 5.92 Å². The molecule has 1 aliphatic carbocycles. The van der Waals surface area contributed by atoms with Crippen molar-refractivity contribution in [3.8, 4) is 0 Å². The number of aliphatic carboxylic acids is 1. The van der Waals surface area contributed by atoms with Crippen LogP contribution in [0.1, 0.15) is 44.6 Å². The Morgan fingerprint density at radius 1 is 1.65 bits per heavy atom. The SMILES string of the molecule is CC1CCCC(CCc2ccsc2)(C(=O)O)C1. The standard InChI is InChI=1S/C14H20O2S/c1-11-3-2-6-14(9-11,13(15)16)7-4-12-5-8-17-10-12/h5,8,10-11H,2-4,6-7,9H2,1H3,(H,15,16). The van der Waals surface area contributed by atoms with Gasteiger partial charge in [-0.1, -0.05) is 19.8 Å². The van der Waals surface area contributed by atoms with Crippen LogP contribution in [0.3, 0.4) is 0 Å². The second-order valence-electron chi connectivity index (χ2n) is 5.42. The number of thiophene rings is 1. The first-order valence-corrected chi connectivity index (χ1v) is 7.31. The van der Waals surface area contributed by atoms with E-state index in [-0.39, 0.29) is 0 Å². The Hall–Kier alpha value is -0.830. The molecule has 3 heteroatoms. The summed E-state index contributed by atoms with van der Waals surface area (Å²) in [5, 5.41) is 13.7. The van der Waals surface area contributed by atoms with Crippen LogP contribution in [0.2, 0.25) is 0 Å². The normalized spacial score (nSPS) is 29.1. The molecule has 1 aromatic heterocycles. The Morgan fingerprint density at radius 2 is 2.47 bits per heavy atom. The van der Waals surface area contributed by atoms with Crippen LogP contribution in [0.25, 0.3) is 0 Å². The van der Waals surface area contributed by atoms with Crippen molar-refractivity contribution in [3.05, 3.63) is 22.4 Å². The Morgan fingerprint density at radius 3 is 3.06 bits per heavy atom. The van der Waals surface area contributed by atoms with E-state index in [1.54, 1.807) is 11.3 Å². The number of rotatable bonds is 4. The smallest absolute Gasteiger partial charge is 0.309 e. The molecule has 1 aliphatic rings. The summed E-state index contributed by atoms with van der Waals surface area (Å²) in [6.07, 6.45) is 5.67. The Labute approximate surface area is 107 Å². The maximum absolute atomic E-state index is 11.6. The second kappa shape index (κ2) is 5.21. The first kappa shape index (κ1) is 12.6. The van der Waals surface area contributed by atoms with Gasteiger partial charge in [0.2, 0.25) is 0 Å². The fourth-order valence-electron chi connectivity index (χ4n) is 3.01. The molecule has 1 heterocycles. The molecular weight excluding hydrogens is 232 g/mol. The van der Waals surface area contributed by atoms with Gasteiger partial charge in [-0.15, -0.1) is 0 Å². The number of aryl methyl sites for hydroxylation is 1. The third-order valence-corrected chi connectivity index (χ3v) is 4.75. The topological polar surface area (TPSA) is 37.3 Å². The highest BCUT2D eigenvalue weighted by Crippen LogP contribution is 2.43. The highest BCUT2D eigenvalue weighted by molar-refractivity contribution is 7.07. The third-order valence-electron chi connectivity index (χ3n) is 4.02. The van der Waals surface area contributed by atoms with Crippen molar-refractivity contribution in [1.82, 2.24) is 0 Å². The van der Waals surface area contributed by atoms with E-state index in [1.807, 2.05) is 0 Å². The zero-order chi connectivity index (χ0) is 12.3. The lowest BCUT2D eigenvalue weighted by molar-refractivity contribution is -0.152. The Bertz CT molecular complexity index is 372. The maximum Gasteiger partial charge on any atom is 0.309 e. The Balaban J connectivity index is 2.03. The predicted octanol–water partition coefficient (Wildman–Crippen LogP) is 3.96. The molecule has 1 N–H and O–H groups in total. The van der Waals surface area contributed by atoms with Crippen LogP contribution in [-0.2, 0) is 11.2 Å². The van der Waals surface area contributed by atoms with Crippen molar-refractivity contribution < 1.29 is 9.90 Å². The van der Waals surface area contributed by atoms with E-state index in [9.17, 15) is 9.90 Å². The Kier molecular flexibility index (Phi) is 3.87. The highest BCUT2D eigenvalue weighted by atomic mass is 32.1. The van der Waals surface area contributed by atoms with Gasteiger partial charge < -0.3 is 5.11 Å². The summed E-state index contributed by atoms with van der Waals surface area (Å²) >= 11 is 1.69. The number of carbonyl (C=O) groups is 1. The molecule has 17 heavy (non-hydrogen) atoms.